The second-order valence-electron chi connectivity index (χ2n) is 14.3. The highest BCUT2D eigenvalue weighted by molar-refractivity contribution is 6.32. The van der Waals surface area contributed by atoms with Crippen LogP contribution in [-0.4, -0.2) is 56.2 Å². The Morgan fingerprint density at radius 3 is 2.60 bits per heavy atom. The molecule has 2 heterocycles. The fourth-order valence-electron chi connectivity index (χ4n) is 7.58. The second-order valence-corrected chi connectivity index (χ2v) is 14.7. The van der Waals surface area contributed by atoms with Crippen molar-refractivity contribution in [2.24, 2.45) is 7.05 Å². The van der Waals surface area contributed by atoms with Crippen molar-refractivity contribution in [3.8, 4) is 22.6 Å². The number of carbonyl (C=O) groups excluding carboxylic acids is 1. The van der Waals surface area contributed by atoms with E-state index in [-0.39, 0.29) is 47.2 Å². The first-order valence-corrected chi connectivity index (χ1v) is 18.4. The lowest BCUT2D eigenvalue weighted by Crippen LogP contribution is -2.38. The van der Waals surface area contributed by atoms with Crippen LogP contribution in [0.5, 0.6) is 11.5 Å². The summed E-state index contributed by atoms with van der Waals surface area (Å²) in [5.41, 5.74) is 6.99. The number of ether oxygens (including phenoxy) is 2. The predicted molar refractivity (Wildman–Crippen MR) is 198 cm³/mol. The Hall–Kier alpha value is -4.45. The van der Waals surface area contributed by atoms with Crippen molar-refractivity contribution < 1.29 is 28.6 Å². The van der Waals surface area contributed by atoms with E-state index in [0.29, 0.717) is 36.8 Å². The van der Waals surface area contributed by atoms with Crippen molar-refractivity contribution in [3.63, 3.8) is 0 Å². The van der Waals surface area contributed by atoms with Crippen molar-refractivity contribution >= 4 is 29.2 Å². The zero-order valence-electron chi connectivity index (χ0n) is 30.2. The maximum Gasteiger partial charge on any atom is 0.323 e. The molecule has 0 radical (unpaired) electrons. The Balaban J connectivity index is 1.12. The molecule has 3 aliphatic rings. The molecule has 10 nitrogen and oxygen atoms in total. The van der Waals surface area contributed by atoms with Gasteiger partial charge in [-0.15, -0.1) is 0 Å². The smallest absolute Gasteiger partial charge is 0.323 e. The van der Waals surface area contributed by atoms with Crippen LogP contribution in [0.1, 0.15) is 90.4 Å². The number of aliphatic carboxylic acids is 1. The van der Waals surface area contributed by atoms with E-state index in [1.807, 2.05) is 42.8 Å². The van der Waals surface area contributed by atoms with Crippen LogP contribution in [-0.2, 0) is 37.8 Å². The van der Waals surface area contributed by atoms with E-state index in [1.54, 1.807) is 13.0 Å². The largest absolute Gasteiger partial charge is 0.493 e. The van der Waals surface area contributed by atoms with Crippen molar-refractivity contribution in [2.75, 3.05) is 18.5 Å². The minimum atomic E-state index is -1.04. The summed E-state index contributed by atoms with van der Waals surface area (Å²) >= 11 is 6.57. The molecule has 2 aliphatic carbocycles. The number of hydrogen-bond acceptors (Lipinski definition) is 7. The van der Waals surface area contributed by atoms with Gasteiger partial charge >= 0.3 is 5.97 Å². The third-order valence-corrected chi connectivity index (χ3v) is 11.2. The quantitative estimate of drug-likeness (QED) is 0.138. The van der Waals surface area contributed by atoms with Gasteiger partial charge in [0.2, 0.25) is 0 Å². The van der Waals surface area contributed by atoms with Gasteiger partial charge in [-0.2, -0.15) is 0 Å². The third-order valence-electron chi connectivity index (χ3n) is 10.9. The molecule has 7 rings (SSSR count). The number of imidazole rings is 1. The van der Waals surface area contributed by atoms with Crippen molar-refractivity contribution in [1.82, 2.24) is 19.8 Å². The maximum atomic E-state index is 15.8. The SMILES string of the molecule is CCOc1cc(OC2CCc3c(-c4cccc(NC(=O)c5nc6c(n5C)CCN(C(C)C)C6)c4C)cccc32)c(Cl)c(F)c1CNC1(C(=O)O)CC1. The molecular weight excluding hydrogens is 685 g/mol. The zero-order valence-corrected chi connectivity index (χ0v) is 31.0. The first-order valence-electron chi connectivity index (χ1n) is 18.0. The number of halogens is 2. The predicted octanol–water partition coefficient (Wildman–Crippen LogP) is 7.38. The lowest BCUT2D eigenvalue weighted by molar-refractivity contribution is -0.140. The topological polar surface area (TPSA) is 118 Å². The molecule has 0 saturated heterocycles. The van der Waals surface area contributed by atoms with Gasteiger partial charge in [-0.1, -0.05) is 41.9 Å². The number of nitrogens with one attached hydrogen (secondary N) is 2. The zero-order chi connectivity index (χ0) is 36.9. The molecular formula is C40H45ClFN5O5. The molecule has 1 aromatic heterocycles. The van der Waals surface area contributed by atoms with Gasteiger partial charge in [0.25, 0.3) is 5.91 Å². The molecule has 1 aliphatic heterocycles. The third kappa shape index (κ3) is 6.54. The molecule has 1 saturated carbocycles. The number of fused-ring (bicyclic) bond motifs is 2. The number of carbonyl (C=O) groups is 2. The molecule has 3 aromatic carbocycles. The first kappa shape index (κ1) is 35.9. The fourth-order valence-corrected chi connectivity index (χ4v) is 7.79. The summed E-state index contributed by atoms with van der Waals surface area (Å²) in [5.74, 6) is -1.06. The van der Waals surface area contributed by atoms with Crippen LogP contribution in [0.4, 0.5) is 10.1 Å². The Morgan fingerprint density at radius 2 is 1.88 bits per heavy atom. The van der Waals surface area contributed by atoms with Gasteiger partial charge in [0.15, 0.2) is 11.6 Å². The summed E-state index contributed by atoms with van der Waals surface area (Å²) in [6, 6.07) is 14.0. The van der Waals surface area contributed by atoms with Gasteiger partial charge in [0.1, 0.15) is 28.2 Å². The van der Waals surface area contributed by atoms with Crippen LogP contribution in [0.25, 0.3) is 11.1 Å². The van der Waals surface area contributed by atoms with Crippen LogP contribution in [0, 0.1) is 12.7 Å². The number of aromatic nitrogens is 2. The molecule has 52 heavy (non-hydrogen) atoms. The minimum absolute atomic E-state index is 0.0389. The van der Waals surface area contributed by atoms with E-state index >= 15 is 4.39 Å². The van der Waals surface area contributed by atoms with Crippen molar-refractivity contribution in [2.45, 2.75) is 90.6 Å². The van der Waals surface area contributed by atoms with Crippen LogP contribution in [0.2, 0.25) is 5.02 Å². The highest BCUT2D eigenvalue weighted by Gasteiger charge is 2.50. The molecule has 12 heteroatoms. The summed E-state index contributed by atoms with van der Waals surface area (Å²) in [4.78, 5) is 32.4. The molecule has 0 spiro atoms. The van der Waals surface area contributed by atoms with Crippen molar-refractivity contribution in [1.29, 1.82) is 0 Å². The Labute approximate surface area is 308 Å². The number of nitrogens with zero attached hydrogens (tertiary/aromatic N) is 3. The second kappa shape index (κ2) is 14.2. The fraction of sp³-hybridized carbons (Fsp3) is 0.425. The molecule has 4 aromatic rings. The minimum Gasteiger partial charge on any atom is -0.493 e. The van der Waals surface area contributed by atoms with E-state index in [1.165, 1.54) is 0 Å². The van der Waals surface area contributed by atoms with E-state index in [2.05, 4.69) is 41.5 Å². The lowest BCUT2D eigenvalue weighted by atomic mass is 9.93. The van der Waals surface area contributed by atoms with Crippen LogP contribution in [0.15, 0.2) is 42.5 Å². The van der Waals surface area contributed by atoms with Gasteiger partial charge in [-0.25, -0.2) is 9.37 Å². The van der Waals surface area contributed by atoms with Gasteiger partial charge in [-0.05, 0) is 87.3 Å². The monoisotopic (exact) mass is 729 g/mol. The van der Waals surface area contributed by atoms with Gasteiger partial charge in [0.05, 0.1) is 12.3 Å². The number of amides is 1. The van der Waals surface area contributed by atoms with E-state index in [0.717, 1.165) is 65.1 Å². The van der Waals surface area contributed by atoms with Gasteiger partial charge in [0, 0.05) is 62.2 Å². The van der Waals surface area contributed by atoms with Crippen LogP contribution in [0.3, 0.4) is 0 Å². The summed E-state index contributed by atoms with van der Waals surface area (Å²) < 4.78 is 29.9. The Morgan fingerprint density at radius 1 is 1.13 bits per heavy atom. The Bertz CT molecular complexity index is 2060. The highest BCUT2D eigenvalue weighted by Crippen LogP contribution is 2.45. The Kier molecular flexibility index (Phi) is 9.79. The molecule has 1 unspecified atom stereocenters. The standard InChI is InChI=1S/C40H45ClFN5O5/c1-6-51-33-19-34(35(41)36(42)28(33)20-43-40(16-17-40)39(49)50)52-32-14-13-26-25(10-7-11-27(26)32)24-9-8-12-29(23(24)4)45-38(48)37-44-30-21-47(22(2)3)18-15-31(30)46(37)5/h7-12,19,22,32,43H,6,13-18,20-21H2,1-5H3,(H,45,48)(H,49,50). The number of anilines is 1. The number of hydrogen-bond donors (Lipinski definition) is 3. The number of rotatable bonds is 12. The highest BCUT2D eigenvalue weighted by atomic mass is 35.5. The first-order chi connectivity index (χ1) is 24.9. The normalized spacial score (nSPS) is 17.5. The molecule has 3 N–H and O–H groups in total. The van der Waals surface area contributed by atoms with Crippen molar-refractivity contribution in [3.05, 3.63) is 92.8 Å². The summed E-state index contributed by atoms with van der Waals surface area (Å²) in [7, 11) is 1.91. The number of carboxylic acids is 1. The van der Waals surface area contributed by atoms with Gasteiger partial charge in [-0.3, -0.25) is 19.8 Å². The lowest BCUT2D eigenvalue weighted by Gasteiger charge is -2.29. The van der Waals surface area contributed by atoms with Crippen LogP contribution < -0.4 is 20.1 Å². The summed E-state index contributed by atoms with van der Waals surface area (Å²) in [6.07, 6.45) is 2.83. The maximum absolute atomic E-state index is 15.8. The number of carboxylic acid groups (broad SMARTS) is 1. The van der Waals surface area contributed by atoms with Crippen LogP contribution >= 0.6 is 11.6 Å². The molecule has 274 valence electrons. The van der Waals surface area contributed by atoms with E-state index < -0.39 is 17.3 Å². The van der Waals surface area contributed by atoms with E-state index in [4.69, 9.17) is 26.1 Å². The molecule has 0 bridgehead atoms. The van der Waals surface area contributed by atoms with Gasteiger partial charge < -0.3 is 24.5 Å². The number of benzene rings is 3. The molecule has 1 atom stereocenters. The average Bonchev–Trinajstić information content (AvgIpc) is 3.71. The molecule has 1 fully saturated rings. The van der Waals surface area contributed by atoms with E-state index in [9.17, 15) is 14.7 Å². The summed E-state index contributed by atoms with van der Waals surface area (Å²) in [5, 5.41) is 15.5. The average molecular weight is 730 g/mol. The summed E-state index contributed by atoms with van der Waals surface area (Å²) in [6.45, 7) is 10.1. The molecule has 1 amide bonds.